The molecule has 0 aliphatic heterocycles. The first-order valence-corrected chi connectivity index (χ1v) is 9.73. The van der Waals surface area contributed by atoms with Gasteiger partial charge in [0.2, 0.25) is 0 Å². The van der Waals surface area contributed by atoms with Crippen molar-refractivity contribution in [3.05, 3.63) is 11.6 Å². The molecule has 1 unspecified atom stereocenters. The minimum atomic E-state index is -0.483. The molecule has 3 heteroatoms. The summed E-state index contributed by atoms with van der Waals surface area (Å²) in [6.45, 7) is 2.33. The van der Waals surface area contributed by atoms with Gasteiger partial charge in [-0.3, -0.25) is 4.79 Å². The lowest BCUT2D eigenvalue weighted by atomic mass is 9.50. The van der Waals surface area contributed by atoms with E-state index < -0.39 is 6.04 Å². The van der Waals surface area contributed by atoms with Gasteiger partial charge in [-0.25, -0.2) is 0 Å². The van der Waals surface area contributed by atoms with Crippen LogP contribution in [-0.2, 0) is 4.79 Å². The smallest absolute Gasteiger partial charge is 0.156 e. The standard InChI is InChI=1S/C21H29NO2/c1-3-14-6-8-18-16-7-5-13-11-19(22-24)20(23)12-17(13)15(16)9-10-21(14,18)4-2/h1,11,14-19,22,24H,4-10,12H2,2H3/t14-,15+,16-,17+,18+,19?,21-/m1/s1. The molecule has 3 nitrogen and oxygen atoms in total. The first-order chi connectivity index (χ1) is 11.6. The second kappa shape index (κ2) is 6.00. The van der Waals surface area contributed by atoms with Crippen LogP contribution in [0.1, 0.15) is 58.3 Å². The summed E-state index contributed by atoms with van der Waals surface area (Å²) in [4.78, 5) is 12.3. The summed E-state index contributed by atoms with van der Waals surface area (Å²) in [5.74, 6) is 6.29. The summed E-state index contributed by atoms with van der Waals surface area (Å²) < 4.78 is 0. The van der Waals surface area contributed by atoms with Crippen molar-refractivity contribution in [3.8, 4) is 12.3 Å². The minimum absolute atomic E-state index is 0.146. The van der Waals surface area contributed by atoms with Crippen LogP contribution in [0.3, 0.4) is 0 Å². The fraction of sp³-hybridized carbons (Fsp3) is 0.762. The van der Waals surface area contributed by atoms with Crippen molar-refractivity contribution in [2.45, 2.75) is 64.3 Å². The van der Waals surface area contributed by atoms with Crippen LogP contribution >= 0.6 is 0 Å². The number of rotatable bonds is 2. The van der Waals surface area contributed by atoms with Gasteiger partial charge in [-0.2, -0.15) is 5.48 Å². The highest BCUT2D eigenvalue weighted by Gasteiger charge is 2.57. The Hall–Kier alpha value is -1.11. The largest absolute Gasteiger partial charge is 0.316 e. The van der Waals surface area contributed by atoms with Gasteiger partial charge in [0.25, 0.3) is 0 Å². The first-order valence-electron chi connectivity index (χ1n) is 9.73. The third-order valence-electron chi connectivity index (χ3n) is 8.12. The van der Waals surface area contributed by atoms with Crippen molar-refractivity contribution in [1.82, 2.24) is 5.48 Å². The monoisotopic (exact) mass is 327 g/mol. The van der Waals surface area contributed by atoms with Gasteiger partial charge in [0.15, 0.2) is 5.78 Å². The molecule has 0 saturated heterocycles. The minimum Gasteiger partial charge on any atom is -0.316 e. The number of ketones is 1. The molecule has 0 spiro atoms. The highest BCUT2D eigenvalue weighted by atomic mass is 16.5. The summed E-state index contributed by atoms with van der Waals surface area (Å²) in [7, 11) is 0. The van der Waals surface area contributed by atoms with E-state index in [0.29, 0.717) is 29.6 Å². The SMILES string of the molecule is C#C[C@@H]1CC[C@H]2[C@@H]3CCC4=CC(NO)C(=O)C[C@@H]4[C@H]3CC[C@]12CC. The average Bonchev–Trinajstić information content (AvgIpc) is 3.00. The van der Waals surface area contributed by atoms with Crippen LogP contribution in [0.5, 0.6) is 0 Å². The van der Waals surface area contributed by atoms with Crippen molar-refractivity contribution < 1.29 is 10.0 Å². The van der Waals surface area contributed by atoms with Crippen molar-refractivity contribution in [2.24, 2.45) is 35.0 Å². The molecular weight excluding hydrogens is 298 g/mol. The molecule has 0 amide bonds. The molecule has 4 rings (SSSR count). The maximum absolute atomic E-state index is 12.3. The molecule has 24 heavy (non-hydrogen) atoms. The molecule has 3 saturated carbocycles. The maximum atomic E-state index is 12.3. The predicted molar refractivity (Wildman–Crippen MR) is 93.1 cm³/mol. The van der Waals surface area contributed by atoms with Gasteiger partial charge in [-0.1, -0.05) is 18.6 Å². The van der Waals surface area contributed by atoms with E-state index in [-0.39, 0.29) is 5.78 Å². The van der Waals surface area contributed by atoms with E-state index >= 15 is 0 Å². The topological polar surface area (TPSA) is 49.3 Å². The molecular formula is C21H29NO2. The zero-order valence-electron chi connectivity index (χ0n) is 14.6. The van der Waals surface area contributed by atoms with Crippen LogP contribution in [0.4, 0.5) is 0 Å². The van der Waals surface area contributed by atoms with Crippen molar-refractivity contribution in [1.29, 1.82) is 0 Å². The van der Waals surface area contributed by atoms with Crippen LogP contribution in [-0.4, -0.2) is 17.0 Å². The van der Waals surface area contributed by atoms with Crippen molar-refractivity contribution in [2.75, 3.05) is 0 Å². The van der Waals surface area contributed by atoms with Gasteiger partial charge < -0.3 is 5.21 Å². The number of hydroxylamine groups is 1. The molecule has 3 fully saturated rings. The lowest BCUT2D eigenvalue weighted by Crippen LogP contribution is -2.49. The van der Waals surface area contributed by atoms with E-state index in [9.17, 15) is 10.0 Å². The third kappa shape index (κ3) is 2.16. The summed E-state index contributed by atoms with van der Waals surface area (Å²) >= 11 is 0. The van der Waals surface area contributed by atoms with Gasteiger partial charge in [-0.05, 0) is 74.0 Å². The van der Waals surface area contributed by atoms with Crippen LogP contribution in [0.15, 0.2) is 11.6 Å². The van der Waals surface area contributed by atoms with Crippen molar-refractivity contribution >= 4 is 5.78 Å². The number of hydrogen-bond acceptors (Lipinski definition) is 3. The number of carbonyl (C=O) groups is 1. The van der Waals surface area contributed by atoms with E-state index in [2.05, 4.69) is 18.3 Å². The molecule has 4 aliphatic rings. The molecule has 0 heterocycles. The number of terminal acetylenes is 1. The van der Waals surface area contributed by atoms with Gasteiger partial charge in [-0.15, -0.1) is 12.3 Å². The predicted octanol–water partition coefficient (Wildman–Crippen LogP) is 3.73. The first kappa shape index (κ1) is 16.4. The second-order valence-corrected chi connectivity index (χ2v) is 8.52. The van der Waals surface area contributed by atoms with Gasteiger partial charge in [0, 0.05) is 12.3 Å². The summed E-state index contributed by atoms with van der Waals surface area (Å²) in [5, 5.41) is 9.20. The zero-order valence-corrected chi connectivity index (χ0v) is 14.6. The number of allylic oxidation sites excluding steroid dienone is 1. The molecule has 130 valence electrons. The van der Waals surface area contributed by atoms with Gasteiger partial charge in [0.05, 0.1) is 0 Å². The average molecular weight is 327 g/mol. The highest BCUT2D eigenvalue weighted by molar-refractivity contribution is 5.87. The van der Waals surface area contributed by atoms with Crippen molar-refractivity contribution in [3.63, 3.8) is 0 Å². The van der Waals surface area contributed by atoms with Crippen LogP contribution in [0, 0.1) is 47.3 Å². The van der Waals surface area contributed by atoms with Crippen LogP contribution < -0.4 is 5.48 Å². The van der Waals surface area contributed by atoms with Gasteiger partial charge >= 0.3 is 0 Å². The highest BCUT2D eigenvalue weighted by Crippen LogP contribution is 2.64. The van der Waals surface area contributed by atoms with E-state index in [1.165, 1.54) is 44.1 Å². The Balaban J connectivity index is 1.63. The molecule has 0 aromatic heterocycles. The Bertz CT molecular complexity index is 603. The van der Waals surface area contributed by atoms with E-state index in [0.717, 1.165) is 18.3 Å². The van der Waals surface area contributed by atoms with E-state index in [1.807, 2.05) is 6.08 Å². The summed E-state index contributed by atoms with van der Waals surface area (Å²) in [6.07, 6.45) is 17.0. The number of Topliss-reactive ketones (excluding diaryl/α,β-unsaturated/α-hetero) is 1. The molecule has 0 bridgehead atoms. The second-order valence-electron chi connectivity index (χ2n) is 8.52. The number of carbonyl (C=O) groups excluding carboxylic acids is 1. The van der Waals surface area contributed by atoms with Crippen LogP contribution in [0.25, 0.3) is 0 Å². The fourth-order valence-corrected chi connectivity index (χ4v) is 7.02. The summed E-state index contributed by atoms with van der Waals surface area (Å²) in [6, 6.07) is -0.483. The Morgan fingerprint density at radius 1 is 1.33 bits per heavy atom. The number of hydrogen-bond donors (Lipinski definition) is 2. The fourth-order valence-electron chi connectivity index (χ4n) is 7.02. The molecule has 7 atom stereocenters. The van der Waals surface area contributed by atoms with Crippen LogP contribution in [0.2, 0.25) is 0 Å². The van der Waals surface area contributed by atoms with Gasteiger partial charge in [0.1, 0.15) is 6.04 Å². The molecule has 0 aromatic rings. The normalized spacial score (nSPS) is 47.2. The maximum Gasteiger partial charge on any atom is 0.156 e. The molecule has 0 aromatic carbocycles. The number of fused-ring (bicyclic) bond motifs is 5. The third-order valence-corrected chi connectivity index (χ3v) is 8.12. The lowest BCUT2D eigenvalue weighted by Gasteiger charge is -2.54. The Kier molecular flexibility index (Phi) is 4.09. The summed E-state index contributed by atoms with van der Waals surface area (Å²) in [5.41, 5.74) is 3.96. The lowest BCUT2D eigenvalue weighted by molar-refractivity contribution is -0.125. The molecule has 2 N–H and O–H groups in total. The Morgan fingerprint density at radius 3 is 2.88 bits per heavy atom. The molecule has 4 aliphatic carbocycles. The number of nitrogens with one attached hydrogen (secondary N) is 1. The van der Waals surface area contributed by atoms with E-state index in [1.54, 1.807) is 0 Å². The molecule has 0 radical (unpaired) electrons. The zero-order chi connectivity index (χ0) is 16.9. The Morgan fingerprint density at radius 2 is 2.17 bits per heavy atom. The quantitative estimate of drug-likeness (QED) is 0.462. The van der Waals surface area contributed by atoms with E-state index in [4.69, 9.17) is 6.42 Å². The Labute approximate surface area is 145 Å².